The highest BCUT2D eigenvalue weighted by Crippen LogP contribution is 2.31. The molecule has 0 saturated carbocycles. The van der Waals surface area contributed by atoms with Crippen LogP contribution in [-0.2, 0) is 6.42 Å². The molecule has 20 heavy (non-hydrogen) atoms. The highest BCUT2D eigenvalue weighted by molar-refractivity contribution is 6.42. The van der Waals surface area contributed by atoms with Crippen molar-refractivity contribution in [3.63, 3.8) is 0 Å². The van der Waals surface area contributed by atoms with Crippen LogP contribution in [0.5, 0.6) is 5.75 Å². The Labute approximate surface area is 128 Å². The van der Waals surface area contributed by atoms with Crippen molar-refractivity contribution in [2.45, 2.75) is 12.5 Å². The molecular formula is C15H16Cl2N2O. The van der Waals surface area contributed by atoms with Crippen LogP contribution in [0.15, 0.2) is 42.5 Å². The molecule has 0 radical (unpaired) electrons. The molecule has 2 aromatic rings. The number of halogens is 2. The third kappa shape index (κ3) is 3.44. The minimum atomic E-state index is -0.102. The second kappa shape index (κ2) is 6.95. The summed E-state index contributed by atoms with van der Waals surface area (Å²) in [7, 11) is 1.64. The average molecular weight is 311 g/mol. The van der Waals surface area contributed by atoms with Gasteiger partial charge in [0.05, 0.1) is 23.2 Å². The van der Waals surface area contributed by atoms with E-state index in [2.05, 4.69) is 5.43 Å². The van der Waals surface area contributed by atoms with E-state index < -0.39 is 0 Å². The summed E-state index contributed by atoms with van der Waals surface area (Å²) in [6, 6.07) is 13.3. The quantitative estimate of drug-likeness (QED) is 0.653. The second-order valence-corrected chi connectivity index (χ2v) is 5.20. The van der Waals surface area contributed by atoms with Gasteiger partial charge < -0.3 is 4.74 Å². The van der Waals surface area contributed by atoms with Crippen LogP contribution < -0.4 is 16.0 Å². The first kappa shape index (κ1) is 15.1. The molecule has 3 nitrogen and oxygen atoms in total. The van der Waals surface area contributed by atoms with Gasteiger partial charge in [0.1, 0.15) is 5.75 Å². The Bertz CT molecular complexity index is 573. The third-order valence-electron chi connectivity index (χ3n) is 3.16. The summed E-state index contributed by atoms with van der Waals surface area (Å²) < 4.78 is 5.14. The maximum atomic E-state index is 6.23. The molecule has 1 atom stereocenters. The second-order valence-electron chi connectivity index (χ2n) is 4.41. The van der Waals surface area contributed by atoms with Gasteiger partial charge >= 0.3 is 0 Å². The van der Waals surface area contributed by atoms with Crippen molar-refractivity contribution >= 4 is 23.2 Å². The predicted octanol–water partition coefficient (Wildman–Crippen LogP) is 3.75. The average Bonchev–Trinajstić information content (AvgIpc) is 2.48. The molecule has 1 unspecified atom stereocenters. The summed E-state index contributed by atoms with van der Waals surface area (Å²) in [5.74, 6) is 6.48. The number of nitrogens with two attached hydrogens (primary N) is 1. The van der Waals surface area contributed by atoms with E-state index in [0.29, 0.717) is 16.5 Å². The number of ether oxygens (including phenoxy) is 1. The lowest BCUT2D eigenvalue weighted by Crippen LogP contribution is -2.29. The smallest absolute Gasteiger partial charge is 0.118 e. The van der Waals surface area contributed by atoms with Crippen molar-refractivity contribution in [1.29, 1.82) is 0 Å². The Hall–Kier alpha value is -1.26. The van der Waals surface area contributed by atoms with Gasteiger partial charge in [0.2, 0.25) is 0 Å². The monoisotopic (exact) mass is 310 g/mol. The molecular weight excluding hydrogens is 295 g/mol. The maximum absolute atomic E-state index is 6.23. The largest absolute Gasteiger partial charge is 0.497 e. The zero-order valence-electron chi connectivity index (χ0n) is 11.1. The van der Waals surface area contributed by atoms with Gasteiger partial charge in [-0.05, 0) is 35.7 Å². The summed E-state index contributed by atoms with van der Waals surface area (Å²) in [6.07, 6.45) is 0.709. The molecule has 106 valence electrons. The van der Waals surface area contributed by atoms with Gasteiger partial charge in [0, 0.05) is 0 Å². The van der Waals surface area contributed by atoms with E-state index in [1.165, 1.54) is 0 Å². The van der Waals surface area contributed by atoms with E-state index in [9.17, 15) is 0 Å². The fraction of sp³-hybridized carbons (Fsp3) is 0.200. The molecule has 2 aromatic carbocycles. The number of benzene rings is 2. The van der Waals surface area contributed by atoms with Crippen molar-refractivity contribution in [2.24, 2.45) is 5.84 Å². The van der Waals surface area contributed by atoms with Crippen LogP contribution in [0, 0.1) is 0 Å². The van der Waals surface area contributed by atoms with Crippen molar-refractivity contribution in [3.05, 3.63) is 63.6 Å². The summed E-state index contributed by atoms with van der Waals surface area (Å²) in [4.78, 5) is 0. The number of rotatable bonds is 5. The first-order valence-corrected chi connectivity index (χ1v) is 6.94. The van der Waals surface area contributed by atoms with Crippen molar-refractivity contribution in [3.8, 4) is 5.75 Å². The van der Waals surface area contributed by atoms with Gasteiger partial charge in [-0.15, -0.1) is 0 Å². The number of methoxy groups -OCH3 is 1. The highest BCUT2D eigenvalue weighted by atomic mass is 35.5. The molecule has 0 amide bonds. The minimum absolute atomic E-state index is 0.102. The molecule has 0 aromatic heterocycles. The first-order valence-electron chi connectivity index (χ1n) is 6.18. The number of hydrogen-bond donors (Lipinski definition) is 2. The van der Waals surface area contributed by atoms with Gasteiger partial charge in [-0.1, -0.05) is 47.5 Å². The molecule has 0 spiro atoms. The van der Waals surface area contributed by atoms with Crippen LogP contribution in [0.2, 0.25) is 10.0 Å². The summed E-state index contributed by atoms with van der Waals surface area (Å²) in [6.45, 7) is 0. The van der Waals surface area contributed by atoms with Gasteiger partial charge in [-0.2, -0.15) is 0 Å². The van der Waals surface area contributed by atoms with Crippen LogP contribution in [-0.4, -0.2) is 7.11 Å². The molecule has 0 aliphatic rings. The first-order chi connectivity index (χ1) is 9.65. The normalized spacial score (nSPS) is 12.2. The molecule has 5 heteroatoms. The van der Waals surface area contributed by atoms with E-state index in [1.54, 1.807) is 13.2 Å². The van der Waals surface area contributed by atoms with E-state index in [1.807, 2.05) is 36.4 Å². The fourth-order valence-corrected chi connectivity index (χ4v) is 2.49. The van der Waals surface area contributed by atoms with Gasteiger partial charge in [0.15, 0.2) is 0 Å². The standard InChI is InChI=1S/C15H16Cl2N2O/c1-20-11-7-5-10(6-8-11)9-14(19-18)12-3-2-4-13(16)15(12)17/h2-8,14,19H,9,18H2,1H3. The van der Waals surface area contributed by atoms with Crippen LogP contribution in [0.1, 0.15) is 17.2 Å². The van der Waals surface area contributed by atoms with Gasteiger partial charge in [-0.25, -0.2) is 0 Å². The number of hydrogen-bond acceptors (Lipinski definition) is 3. The van der Waals surface area contributed by atoms with E-state index in [-0.39, 0.29) is 6.04 Å². The Balaban J connectivity index is 2.21. The Kier molecular flexibility index (Phi) is 5.26. The molecule has 0 heterocycles. The van der Waals surface area contributed by atoms with Crippen molar-refractivity contribution in [1.82, 2.24) is 5.43 Å². The fourth-order valence-electron chi connectivity index (χ4n) is 2.05. The molecule has 0 fully saturated rings. The van der Waals surface area contributed by atoms with Crippen LogP contribution in [0.4, 0.5) is 0 Å². The Morgan fingerprint density at radius 1 is 1.15 bits per heavy atom. The molecule has 0 aliphatic heterocycles. The molecule has 0 aliphatic carbocycles. The molecule has 3 N–H and O–H groups in total. The van der Waals surface area contributed by atoms with E-state index in [4.69, 9.17) is 33.8 Å². The van der Waals surface area contributed by atoms with Gasteiger partial charge in [-0.3, -0.25) is 11.3 Å². The molecule has 0 bridgehead atoms. The van der Waals surface area contributed by atoms with Crippen LogP contribution in [0.3, 0.4) is 0 Å². The van der Waals surface area contributed by atoms with Crippen LogP contribution >= 0.6 is 23.2 Å². The zero-order valence-corrected chi connectivity index (χ0v) is 12.6. The highest BCUT2D eigenvalue weighted by Gasteiger charge is 2.15. The summed E-state index contributed by atoms with van der Waals surface area (Å²) in [5, 5.41) is 1.06. The topological polar surface area (TPSA) is 47.3 Å². The molecule has 0 saturated heterocycles. The molecule has 2 rings (SSSR count). The summed E-state index contributed by atoms with van der Waals surface area (Å²) in [5.41, 5.74) is 4.81. The maximum Gasteiger partial charge on any atom is 0.118 e. The lowest BCUT2D eigenvalue weighted by atomic mass is 9.99. The van der Waals surface area contributed by atoms with Crippen molar-refractivity contribution < 1.29 is 4.74 Å². The third-order valence-corrected chi connectivity index (χ3v) is 3.99. The zero-order chi connectivity index (χ0) is 14.5. The summed E-state index contributed by atoms with van der Waals surface area (Å²) >= 11 is 12.3. The van der Waals surface area contributed by atoms with Gasteiger partial charge in [0.25, 0.3) is 0 Å². The lowest BCUT2D eigenvalue weighted by Gasteiger charge is -2.18. The van der Waals surface area contributed by atoms with E-state index in [0.717, 1.165) is 16.9 Å². The lowest BCUT2D eigenvalue weighted by molar-refractivity contribution is 0.414. The number of nitrogens with one attached hydrogen (secondary N) is 1. The van der Waals surface area contributed by atoms with Crippen LogP contribution in [0.25, 0.3) is 0 Å². The minimum Gasteiger partial charge on any atom is -0.497 e. The van der Waals surface area contributed by atoms with E-state index >= 15 is 0 Å². The number of hydrazine groups is 1. The van der Waals surface area contributed by atoms with Crippen molar-refractivity contribution in [2.75, 3.05) is 7.11 Å². The predicted molar refractivity (Wildman–Crippen MR) is 83.2 cm³/mol. The SMILES string of the molecule is COc1ccc(CC(NN)c2cccc(Cl)c2Cl)cc1. The Morgan fingerprint density at radius 2 is 1.85 bits per heavy atom. The Morgan fingerprint density at radius 3 is 2.45 bits per heavy atom.